The van der Waals surface area contributed by atoms with E-state index >= 15 is 0 Å². The molecule has 31 heavy (non-hydrogen) atoms. The zero-order valence-electron chi connectivity index (χ0n) is 16.8. The second-order valence-electron chi connectivity index (χ2n) is 7.18. The molecule has 1 aromatic carbocycles. The number of halogens is 5. The lowest BCUT2D eigenvalue weighted by atomic mass is 9.96. The van der Waals surface area contributed by atoms with E-state index < -0.39 is 54.3 Å². The van der Waals surface area contributed by atoms with Crippen molar-refractivity contribution in [3.8, 4) is 5.75 Å². The van der Waals surface area contributed by atoms with E-state index in [1.54, 1.807) is 30.3 Å². The predicted molar refractivity (Wildman–Crippen MR) is 100 cm³/mol. The number of hydrogen-bond donors (Lipinski definition) is 2. The zero-order chi connectivity index (χ0) is 23.6. The largest absolute Gasteiger partial charge is 0.487 e. The van der Waals surface area contributed by atoms with Gasteiger partial charge in [0.2, 0.25) is 11.8 Å². The Morgan fingerprint density at radius 2 is 1.74 bits per heavy atom. The van der Waals surface area contributed by atoms with Crippen molar-refractivity contribution in [3.63, 3.8) is 0 Å². The van der Waals surface area contributed by atoms with Crippen LogP contribution in [0.25, 0.3) is 6.08 Å². The van der Waals surface area contributed by atoms with Gasteiger partial charge in [0.05, 0.1) is 6.54 Å². The van der Waals surface area contributed by atoms with Gasteiger partial charge >= 0.3 is 12.1 Å². The van der Waals surface area contributed by atoms with Crippen molar-refractivity contribution in [3.05, 3.63) is 35.4 Å². The van der Waals surface area contributed by atoms with E-state index in [2.05, 4.69) is 5.32 Å². The molecule has 1 aromatic rings. The van der Waals surface area contributed by atoms with Crippen molar-refractivity contribution >= 4 is 23.7 Å². The Labute approximate surface area is 174 Å². The number of hydrogen-bond acceptors (Lipinski definition) is 4. The van der Waals surface area contributed by atoms with Gasteiger partial charge in [0, 0.05) is 5.56 Å². The van der Waals surface area contributed by atoms with Crippen molar-refractivity contribution in [1.82, 2.24) is 10.6 Å². The molecule has 0 spiro atoms. The van der Waals surface area contributed by atoms with E-state index in [0.717, 1.165) is 6.92 Å². The number of fused-ring (bicyclic) bond motifs is 1. The number of ketones is 1. The van der Waals surface area contributed by atoms with Gasteiger partial charge in [0.25, 0.3) is 0 Å². The molecule has 2 amide bonds. The minimum atomic E-state index is -5.84. The summed E-state index contributed by atoms with van der Waals surface area (Å²) in [5, 5.41) is 3.75. The zero-order valence-corrected chi connectivity index (χ0v) is 16.8. The molecule has 0 aromatic heterocycles. The molecule has 0 fully saturated rings. The first-order valence-electron chi connectivity index (χ1n) is 9.25. The molecular weight excluding hydrogens is 427 g/mol. The van der Waals surface area contributed by atoms with Gasteiger partial charge in [-0.05, 0) is 38.5 Å². The number of benzene rings is 1. The lowest BCUT2D eigenvalue weighted by Crippen LogP contribution is -2.54. The number of ether oxygens (including phenoxy) is 1. The summed E-state index contributed by atoms with van der Waals surface area (Å²) in [6.45, 7) is 2.07. The maximum absolute atomic E-state index is 13.0. The van der Waals surface area contributed by atoms with E-state index in [4.69, 9.17) is 4.74 Å². The molecule has 1 unspecified atom stereocenters. The second kappa shape index (κ2) is 9.03. The SMILES string of the molecule is CC1=Cc2ccccc2O[C@H](C)[C@H](NC(=O)C(C)C(=O)NCC(F)(F)C(F)(F)F)C1=O. The molecule has 0 radical (unpaired) electrons. The van der Waals surface area contributed by atoms with Crippen LogP contribution >= 0.6 is 0 Å². The van der Waals surface area contributed by atoms with E-state index in [-0.39, 0.29) is 0 Å². The molecule has 0 saturated carbocycles. The highest BCUT2D eigenvalue weighted by atomic mass is 19.4. The molecule has 170 valence electrons. The normalized spacial score (nSPS) is 20.4. The third-order valence-corrected chi connectivity index (χ3v) is 4.73. The molecule has 6 nitrogen and oxygen atoms in total. The maximum atomic E-state index is 13.0. The van der Waals surface area contributed by atoms with Crippen molar-refractivity contribution in [2.75, 3.05) is 6.54 Å². The average Bonchev–Trinajstić information content (AvgIpc) is 2.68. The van der Waals surface area contributed by atoms with Crippen molar-refractivity contribution in [1.29, 1.82) is 0 Å². The van der Waals surface area contributed by atoms with Gasteiger partial charge in [-0.1, -0.05) is 18.2 Å². The minimum Gasteiger partial charge on any atom is -0.487 e. The molecule has 1 aliphatic heterocycles. The highest BCUT2D eigenvalue weighted by Crippen LogP contribution is 2.34. The van der Waals surface area contributed by atoms with Crippen LogP contribution in [-0.2, 0) is 14.4 Å². The van der Waals surface area contributed by atoms with Crippen LogP contribution in [0.1, 0.15) is 26.3 Å². The van der Waals surface area contributed by atoms with Crippen LogP contribution in [0, 0.1) is 5.92 Å². The van der Waals surface area contributed by atoms with E-state index in [1.165, 1.54) is 19.2 Å². The Hall–Kier alpha value is -2.98. The Morgan fingerprint density at radius 3 is 2.35 bits per heavy atom. The van der Waals surface area contributed by atoms with Crippen LogP contribution in [-0.4, -0.2) is 48.4 Å². The summed E-state index contributed by atoms with van der Waals surface area (Å²) in [6, 6.07) is 5.67. The quantitative estimate of drug-likeness (QED) is 0.536. The molecule has 11 heteroatoms. The predicted octanol–water partition coefficient (Wildman–Crippen LogP) is 2.87. The average molecular weight is 448 g/mol. The number of Topliss-reactive ketones (excluding diaryl/α,β-unsaturated/α-hetero) is 1. The fourth-order valence-corrected chi connectivity index (χ4v) is 2.77. The van der Waals surface area contributed by atoms with Gasteiger partial charge < -0.3 is 15.4 Å². The Morgan fingerprint density at radius 1 is 1.13 bits per heavy atom. The first kappa shape index (κ1) is 24.3. The molecule has 1 aliphatic rings. The third kappa shape index (κ3) is 5.59. The van der Waals surface area contributed by atoms with Gasteiger partial charge in [0.1, 0.15) is 23.8 Å². The molecular formula is C20H21F5N2O4. The molecule has 0 aliphatic carbocycles. The maximum Gasteiger partial charge on any atom is 0.455 e. The summed E-state index contributed by atoms with van der Waals surface area (Å²) < 4.78 is 68.3. The van der Waals surface area contributed by atoms with E-state index in [0.29, 0.717) is 16.9 Å². The van der Waals surface area contributed by atoms with Crippen LogP contribution < -0.4 is 15.4 Å². The van der Waals surface area contributed by atoms with Crippen LogP contribution in [0.4, 0.5) is 22.0 Å². The third-order valence-electron chi connectivity index (χ3n) is 4.73. The number of rotatable bonds is 5. The summed E-state index contributed by atoms with van der Waals surface area (Å²) in [7, 11) is 0. The Balaban J connectivity index is 2.10. The topological polar surface area (TPSA) is 84.5 Å². The molecule has 0 saturated heterocycles. The van der Waals surface area contributed by atoms with Gasteiger partial charge in [-0.25, -0.2) is 0 Å². The monoisotopic (exact) mass is 448 g/mol. The standard InChI is InChI=1S/C20H21F5N2O4/c1-10-8-13-6-4-5-7-14(13)31-12(3)15(16(10)28)27-18(30)11(2)17(29)26-9-19(21,22)20(23,24)25/h4-8,11-12,15H,9H2,1-3H3,(H,26,29)(H,27,30)/t11?,12-,15+/m1/s1. The highest BCUT2D eigenvalue weighted by molar-refractivity contribution is 6.07. The number of alkyl halides is 5. The smallest absolute Gasteiger partial charge is 0.455 e. The lowest BCUT2D eigenvalue weighted by molar-refractivity contribution is -0.278. The molecule has 3 atom stereocenters. The van der Waals surface area contributed by atoms with Crippen LogP contribution in [0.2, 0.25) is 0 Å². The van der Waals surface area contributed by atoms with Gasteiger partial charge in [0.15, 0.2) is 5.78 Å². The molecule has 0 bridgehead atoms. The highest BCUT2D eigenvalue weighted by Gasteiger charge is 2.57. The Bertz CT molecular complexity index is 898. The van der Waals surface area contributed by atoms with Crippen LogP contribution in [0.15, 0.2) is 29.8 Å². The molecule has 2 rings (SSSR count). The van der Waals surface area contributed by atoms with Crippen LogP contribution in [0.5, 0.6) is 5.75 Å². The van der Waals surface area contributed by atoms with Crippen molar-refractivity contribution < 1.29 is 41.1 Å². The molecule has 2 N–H and O–H groups in total. The Kier molecular flexibility index (Phi) is 7.07. The summed E-state index contributed by atoms with van der Waals surface area (Å²) >= 11 is 0. The van der Waals surface area contributed by atoms with Gasteiger partial charge in [-0.2, -0.15) is 22.0 Å². The van der Waals surface area contributed by atoms with Gasteiger partial charge in [-0.3, -0.25) is 14.4 Å². The lowest BCUT2D eigenvalue weighted by Gasteiger charge is -2.28. The fraction of sp³-hybridized carbons (Fsp3) is 0.450. The van der Waals surface area contributed by atoms with E-state index in [9.17, 15) is 36.3 Å². The first-order valence-corrected chi connectivity index (χ1v) is 9.25. The van der Waals surface area contributed by atoms with Crippen molar-refractivity contribution in [2.45, 2.75) is 45.0 Å². The van der Waals surface area contributed by atoms with E-state index in [1.807, 2.05) is 0 Å². The van der Waals surface area contributed by atoms with Crippen LogP contribution in [0.3, 0.4) is 0 Å². The fourth-order valence-electron chi connectivity index (χ4n) is 2.77. The number of amides is 2. The minimum absolute atomic E-state index is 0.301. The number of para-hydroxylation sites is 1. The number of carbonyl (C=O) groups is 3. The summed E-state index contributed by atoms with van der Waals surface area (Å²) in [5.41, 5.74) is 0.957. The number of nitrogens with one attached hydrogen (secondary N) is 2. The number of carbonyl (C=O) groups excluding carboxylic acids is 3. The van der Waals surface area contributed by atoms with Crippen molar-refractivity contribution in [2.24, 2.45) is 5.92 Å². The summed E-state index contributed by atoms with van der Waals surface area (Å²) in [5.74, 6) is -9.18. The molecule has 1 heterocycles. The first-order chi connectivity index (χ1) is 14.2. The van der Waals surface area contributed by atoms with Gasteiger partial charge in [-0.15, -0.1) is 0 Å². The summed E-state index contributed by atoms with van der Waals surface area (Å²) in [4.78, 5) is 37.0. The second-order valence-corrected chi connectivity index (χ2v) is 7.18. The summed E-state index contributed by atoms with van der Waals surface area (Å²) in [6.07, 6.45) is -5.13.